The number of halogens is 2. The second-order valence-corrected chi connectivity index (χ2v) is 2.66. The van der Waals surface area contributed by atoms with E-state index in [0.717, 1.165) is 6.07 Å². The van der Waals surface area contributed by atoms with Gasteiger partial charge in [-0.1, -0.05) is 17.7 Å². The Morgan fingerprint density at radius 2 is 2.23 bits per heavy atom. The van der Waals surface area contributed by atoms with Crippen LogP contribution in [0.1, 0.15) is 5.56 Å². The lowest BCUT2D eigenvalue weighted by atomic mass is 10.2. The van der Waals surface area contributed by atoms with Gasteiger partial charge in [-0.25, -0.2) is 0 Å². The van der Waals surface area contributed by atoms with Crippen LogP contribution in [0.15, 0.2) is 12.1 Å². The van der Waals surface area contributed by atoms with E-state index in [1.165, 1.54) is 6.07 Å². The van der Waals surface area contributed by atoms with Gasteiger partial charge in [0.15, 0.2) is 0 Å². The summed E-state index contributed by atoms with van der Waals surface area (Å²) in [5.74, 6) is -1.01. The van der Waals surface area contributed by atoms with Gasteiger partial charge in [-0.2, -0.15) is 4.39 Å². The topological polar surface area (TPSA) is 63.4 Å². The zero-order valence-corrected chi connectivity index (χ0v) is 7.08. The van der Waals surface area contributed by atoms with E-state index >= 15 is 0 Å². The Morgan fingerprint density at radius 3 is 2.69 bits per heavy atom. The number of benzene rings is 1. The van der Waals surface area contributed by atoms with Gasteiger partial charge in [0.05, 0.1) is 11.5 Å². The van der Waals surface area contributed by atoms with Crippen LogP contribution in [-0.2, 0) is 6.61 Å². The van der Waals surface area contributed by atoms with E-state index in [1.54, 1.807) is 0 Å². The van der Waals surface area contributed by atoms with Gasteiger partial charge in [0.2, 0.25) is 5.82 Å². The van der Waals surface area contributed by atoms with Crippen molar-refractivity contribution in [3.8, 4) is 0 Å². The molecule has 1 aromatic carbocycles. The molecule has 1 aromatic rings. The highest BCUT2D eigenvalue weighted by molar-refractivity contribution is 6.33. The minimum Gasteiger partial charge on any atom is -0.392 e. The van der Waals surface area contributed by atoms with E-state index in [2.05, 4.69) is 0 Å². The Morgan fingerprint density at radius 1 is 1.62 bits per heavy atom. The van der Waals surface area contributed by atoms with Crippen molar-refractivity contribution in [2.24, 2.45) is 0 Å². The van der Waals surface area contributed by atoms with Gasteiger partial charge in [0.1, 0.15) is 5.02 Å². The molecule has 0 amide bonds. The Labute approximate surface area is 77.7 Å². The normalized spacial score (nSPS) is 10.1. The number of nitro groups is 1. The number of nitro benzene ring substituents is 1. The average molecular weight is 206 g/mol. The molecule has 0 heterocycles. The molecule has 0 atom stereocenters. The summed E-state index contributed by atoms with van der Waals surface area (Å²) in [4.78, 5) is 9.39. The molecule has 0 unspecified atom stereocenters. The maximum absolute atomic E-state index is 12.8. The summed E-state index contributed by atoms with van der Waals surface area (Å²) in [5, 5.41) is 18.6. The average Bonchev–Trinajstić information content (AvgIpc) is 2.04. The predicted octanol–water partition coefficient (Wildman–Crippen LogP) is 1.88. The van der Waals surface area contributed by atoms with E-state index in [-0.39, 0.29) is 10.6 Å². The van der Waals surface area contributed by atoms with Crippen LogP contribution in [-0.4, -0.2) is 10.0 Å². The number of hydrogen-bond acceptors (Lipinski definition) is 3. The molecule has 0 fully saturated rings. The molecular formula is C7H5ClFNO3. The monoisotopic (exact) mass is 205 g/mol. The fourth-order valence-corrected chi connectivity index (χ4v) is 1.15. The molecule has 0 radical (unpaired) electrons. The van der Waals surface area contributed by atoms with Crippen molar-refractivity contribution in [3.63, 3.8) is 0 Å². The summed E-state index contributed by atoms with van der Waals surface area (Å²) in [6.07, 6.45) is 0. The number of rotatable bonds is 2. The molecule has 6 heteroatoms. The van der Waals surface area contributed by atoms with Gasteiger partial charge in [-0.15, -0.1) is 0 Å². The zero-order valence-electron chi connectivity index (χ0n) is 6.33. The Balaban J connectivity index is 3.38. The van der Waals surface area contributed by atoms with Gasteiger partial charge in [0, 0.05) is 5.56 Å². The first kappa shape index (κ1) is 9.88. The molecule has 0 aliphatic carbocycles. The molecule has 0 spiro atoms. The summed E-state index contributed by atoms with van der Waals surface area (Å²) >= 11 is 5.47. The lowest BCUT2D eigenvalue weighted by molar-refractivity contribution is -0.387. The fourth-order valence-electron chi connectivity index (χ4n) is 0.872. The van der Waals surface area contributed by atoms with Crippen molar-refractivity contribution in [2.75, 3.05) is 0 Å². The van der Waals surface area contributed by atoms with Crippen LogP contribution >= 0.6 is 11.6 Å². The lowest BCUT2D eigenvalue weighted by Gasteiger charge is -2.01. The Hall–Kier alpha value is -1.20. The molecule has 1 N–H and O–H groups in total. The number of nitrogens with zero attached hydrogens (tertiary/aromatic N) is 1. The van der Waals surface area contributed by atoms with E-state index in [4.69, 9.17) is 16.7 Å². The molecule has 0 bridgehead atoms. The Bertz CT molecular complexity index is 356. The largest absolute Gasteiger partial charge is 0.392 e. The molecule has 70 valence electrons. The third-order valence-electron chi connectivity index (χ3n) is 1.50. The minimum absolute atomic E-state index is 0.134. The van der Waals surface area contributed by atoms with E-state index in [0.29, 0.717) is 0 Å². The number of hydrogen-bond donors (Lipinski definition) is 1. The third-order valence-corrected chi connectivity index (χ3v) is 1.92. The summed E-state index contributed by atoms with van der Waals surface area (Å²) in [5.41, 5.74) is -0.664. The predicted molar refractivity (Wildman–Crippen MR) is 44.0 cm³/mol. The Kier molecular flexibility index (Phi) is 2.79. The molecule has 13 heavy (non-hydrogen) atoms. The van der Waals surface area contributed by atoms with Crippen molar-refractivity contribution < 1.29 is 14.4 Å². The summed E-state index contributed by atoms with van der Waals surface area (Å²) < 4.78 is 12.8. The smallest absolute Gasteiger partial charge is 0.323 e. The maximum Gasteiger partial charge on any atom is 0.323 e. The van der Waals surface area contributed by atoms with Gasteiger partial charge in [-0.05, 0) is 6.07 Å². The molecular weight excluding hydrogens is 201 g/mol. The molecule has 0 saturated heterocycles. The fraction of sp³-hybridized carbons (Fsp3) is 0.143. The minimum atomic E-state index is -1.01. The van der Waals surface area contributed by atoms with E-state index in [9.17, 15) is 14.5 Å². The number of aliphatic hydroxyl groups is 1. The third kappa shape index (κ3) is 1.76. The van der Waals surface area contributed by atoms with Crippen molar-refractivity contribution >= 4 is 17.3 Å². The molecule has 0 saturated carbocycles. The highest BCUT2D eigenvalue weighted by atomic mass is 35.5. The van der Waals surface area contributed by atoms with Crippen LogP contribution in [0.3, 0.4) is 0 Å². The van der Waals surface area contributed by atoms with Crippen molar-refractivity contribution in [1.29, 1.82) is 0 Å². The van der Waals surface area contributed by atoms with Gasteiger partial charge in [0.25, 0.3) is 0 Å². The van der Waals surface area contributed by atoms with Crippen LogP contribution in [0.5, 0.6) is 0 Å². The van der Waals surface area contributed by atoms with E-state index in [1.807, 2.05) is 0 Å². The lowest BCUT2D eigenvalue weighted by Crippen LogP contribution is -1.96. The van der Waals surface area contributed by atoms with Crippen molar-refractivity contribution in [1.82, 2.24) is 0 Å². The first-order valence-corrected chi connectivity index (χ1v) is 3.68. The molecule has 4 nitrogen and oxygen atoms in total. The standard InChI is InChI=1S/C7H5ClFNO3/c8-6-4(3-11)1-2-5(9)7(6)10(12)13/h1-2,11H,3H2. The van der Waals surface area contributed by atoms with Crippen LogP contribution < -0.4 is 0 Å². The molecule has 1 rings (SSSR count). The summed E-state index contributed by atoms with van der Waals surface area (Å²) in [7, 11) is 0. The molecule has 0 aliphatic heterocycles. The first-order chi connectivity index (χ1) is 6.07. The van der Waals surface area contributed by atoms with Crippen LogP contribution in [0.4, 0.5) is 10.1 Å². The highest BCUT2D eigenvalue weighted by Crippen LogP contribution is 2.30. The van der Waals surface area contributed by atoms with Crippen LogP contribution in [0.2, 0.25) is 5.02 Å². The summed E-state index contributed by atoms with van der Waals surface area (Å²) in [6.45, 7) is -0.458. The van der Waals surface area contributed by atoms with E-state index < -0.39 is 23.0 Å². The van der Waals surface area contributed by atoms with Gasteiger partial charge in [-0.3, -0.25) is 10.1 Å². The second kappa shape index (κ2) is 3.68. The molecule has 0 aliphatic rings. The van der Waals surface area contributed by atoms with Crippen LogP contribution in [0.25, 0.3) is 0 Å². The van der Waals surface area contributed by atoms with Gasteiger partial charge < -0.3 is 5.11 Å². The SMILES string of the molecule is O=[N+]([O-])c1c(F)ccc(CO)c1Cl. The highest BCUT2D eigenvalue weighted by Gasteiger charge is 2.21. The van der Waals surface area contributed by atoms with Gasteiger partial charge >= 0.3 is 5.69 Å². The second-order valence-electron chi connectivity index (χ2n) is 2.28. The summed E-state index contributed by atoms with van der Waals surface area (Å²) in [6, 6.07) is 2.10. The van der Waals surface area contributed by atoms with Crippen molar-refractivity contribution in [3.05, 3.63) is 38.7 Å². The van der Waals surface area contributed by atoms with Crippen LogP contribution in [0, 0.1) is 15.9 Å². The molecule has 0 aromatic heterocycles. The first-order valence-electron chi connectivity index (χ1n) is 3.30. The quantitative estimate of drug-likeness (QED) is 0.592. The van der Waals surface area contributed by atoms with Crippen molar-refractivity contribution in [2.45, 2.75) is 6.61 Å². The maximum atomic E-state index is 12.8. The zero-order chi connectivity index (χ0) is 10.0. The number of aliphatic hydroxyl groups excluding tert-OH is 1.